The number of carboxylic acid groups (broad SMARTS) is 1. The molecule has 5 heteroatoms. The maximum absolute atomic E-state index is 13.6. The van der Waals surface area contributed by atoms with Gasteiger partial charge < -0.3 is 9.67 Å². The number of imidazole rings is 1. The molecule has 88 valence electrons. The van der Waals surface area contributed by atoms with Crippen molar-refractivity contribution in [2.45, 2.75) is 13.5 Å². The van der Waals surface area contributed by atoms with E-state index >= 15 is 0 Å². The number of carbonyl (C=O) groups is 1. The first-order valence-corrected chi connectivity index (χ1v) is 5.07. The zero-order chi connectivity index (χ0) is 12.4. The molecule has 0 spiro atoms. The Bertz CT molecular complexity index is 563. The lowest BCUT2D eigenvalue weighted by molar-refractivity contribution is 0.0696. The van der Waals surface area contributed by atoms with Crippen LogP contribution >= 0.6 is 0 Å². The van der Waals surface area contributed by atoms with Crippen LogP contribution in [-0.4, -0.2) is 20.6 Å². The highest BCUT2D eigenvalue weighted by Crippen LogP contribution is 2.13. The highest BCUT2D eigenvalue weighted by Gasteiger charge is 2.09. The molecule has 17 heavy (non-hydrogen) atoms. The van der Waals surface area contributed by atoms with Crippen LogP contribution in [0.2, 0.25) is 0 Å². The first-order chi connectivity index (χ1) is 8.08. The van der Waals surface area contributed by atoms with E-state index in [1.165, 1.54) is 12.1 Å². The summed E-state index contributed by atoms with van der Waals surface area (Å²) in [6.07, 6.45) is 3.39. The second kappa shape index (κ2) is 4.37. The van der Waals surface area contributed by atoms with Crippen molar-refractivity contribution in [3.8, 4) is 0 Å². The van der Waals surface area contributed by atoms with Crippen LogP contribution in [0.3, 0.4) is 0 Å². The lowest BCUT2D eigenvalue weighted by atomic mass is 10.1. The molecule has 0 amide bonds. The smallest absolute Gasteiger partial charge is 0.335 e. The Balaban J connectivity index is 2.29. The third-order valence-electron chi connectivity index (χ3n) is 2.56. The molecule has 0 saturated carbocycles. The van der Waals surface area contributed by atoms with Gasteiger partial charge in [-0.1, -0.05) is 6.07 Å². The minimum atomic E-state index is -1.13. The Morgan fingerprint density at radius 3 is 2.82 bits per heavy atom. The molecule has 4 nitrogen and oxygen atoms in total. The van der Waals surface area contributed by atoms with Gasteiger partial charge in [0.25, 0.3) is 0 Å². The van der Waals surface area contributed by atoms with Crippen molar-refractivity contribution in [2.75, 3.05) is 0 Å². The fraction of sp³-hybridized carbons (Fsp3) is 0.167. The average Bonchev–Trinajstić information content (AvgIpc) is 2.67. The van der Waals surface area contributed by atoms with Gasteiger partial charge in [-0.2, -0.15) is 0 Å². The molecule has 2 rings (SSSR count). The van der Waals surface area contributed by atoms with E-state index in [1.54, 1.807) is 17.0 Å². The van der Waals surface area contributed by atoms with Crippen LogP contribution in [0, 0.1) is 12.7 Å². The SMILES string of the molecule is Cc1nccn1Cc1ccc(C(=O)O)cc1F. The van der Waals surface area contributed by atoms with Crippen molar-refractivity contribution < 1.29 is 14.3 Å². The summed E-state index contributed by atoms with van der Waals surface area (Å²) in [6.45, 7) is 2.17. The van der Waals surface area contributed by atoms with Gasteiger partial charge in [-0.15, -0.1) is 0 Å². The van der Waals surface area contributed by atoms with Gasteiger partial charge in [0.05, 0.1) is 12.1 Å². The highest BCUT2D eigenvalue weighted by molar-refractivity contribution is 5.87. The second-order valence-corrected chi connectivity index (χ2v) is 3.71. The number of halogens is 1. The van der Waals surface area contributed by atoms with Gasteiger partial charge in [-0.3, -0.25) is 0 Å². The van der Waals surface area contributed by atoms with Crippen LogP contribution < -0.4 is 0 Å². The highest BCUT2D eigenvalue weighted by atomic mass is 19.1. The van der Waals surface area contributed by atoms with Crippen molar-refractivity contribution in [2.24, 2.45) is 0 Å². The van der Waals surface area contributed by atoms with Crippen LogP contribution in [0.5, 0.6) is 0 Å². The number of hydrogen-bond donors (Lipinski definition) is 1. The summed E-state index contributed by atoms with van der Waals surface area (Å²) in [7, 11) is 0. The Labute approximate surface area is 97.3 Å². The summed E-state index contributed by atoms with van der Waals surface area (Å²) < 4.78 is 15.4. The summed E-state index contributed by atoms with van der Waals surface area (Å²) >= 11 is 0. The molecule has 1 N–H and O–H groups in total. The minimum Gasteiger partial charge on any atom is -0.478 e. The van der Waals surface area contributed by atoms with Gasteiger partial charge in [-0.05, 0) is 19.1 Å². The molecule has 2 aromatic rings. The molecule has 0 atom stereocenters. The topological polar surface area (TPSA) is 55.1 Å². The van der Waals surface area contributed by atoms with Gasteiger partial charge >= 0.3 is 5.97 Å². The van der Waals surface area contributed by atoms with Crippen LogP contribution in [0.4, 0.5) is 4.39 Å². The summed E-state index contributed by atoms with van der Waals surface area (Å²) in [6, 6.07) is 3.91. The van der Waals surface area contributed by atoms with Gasteiger partial charge in [0.15, 0.2) is 0 Å². The predicted octanol–water partition coefficient (Wildman–Crippen LogP) is 2.08. The molecule has 0 aliphatic carbocycles. The zero-order valence-electron chi connectivity index (χ0n) is 9.22. The van der Waals surface area contributed by atoms with Crippen molar-refractivity contribution in [1.82, 2.24) is 9.55 Å². The number of hydrogen-bond acceptors (Lipinski definition) is 2. The molecule has 0 aliphatic heterocycles. The molecule has 1 aromatic heterocycles. The first-order valence-electron chi connectivity index (χ1n) is 5.07. The molecule has 1 heterocycles. The van der Waals surface area contributed by atoms with E-state index in [9.17, 15) is 9.18 Å². The van der Waals surface area contributed by atoms with E-state index in [2.05, 4.69) is 4.98 Å². The van der Waals surface area contributed by atoms with Crippen molar-refractivity contribution in [3.63, 3.8) is 0 Å². The maximum atomic E-state index is 13.6. The summed E-state index contributed by atoms with van der Waals surface area (Å²) in [4.78, 5) is 14.7. The number of rotatable bonds is 3. The van der Waals surface area contributed by atoms with Crippen LogP contribution in [0.25, 0.3) is 0 Å². The molecular weight excluding hydrogens is 223 g/mol. The maximum Gasteiger partial charge on any atom is 0.335 e. The lowest BCUT2D eigenvalue weighted by Gasteiger charge is -2.07. The molecule has 0 bridgehead atoms. The van der Waals surface area contributed by atoms with E-state index in [0.717, 1.165) is 11.9 Å². The molecule has 1 aromatic carbocycles. The number of aromatic nitrogens is 2. The minimum absolute atomic E-state index is 0.0476. The largest absolute Gasteiger partial charge is 0.478 e. The lowest BCUT2D eigenvalue weighted by Crippen LogP contribution is -2.05. The molecule has 0 radical (unpaired) electrons. The monoisotopic (exact) mass is 234 g/mol. The third-order valence-corrected chi connectivity index (χ3v) is 2.56. The average molecular weight is 234 g/mol. The molecule has 0 saturated heterocycles. The van der Waals surface area contributed by atoms with E-state index < -0.39 is 11.8 Å². The third kappa shape index (κ3) is 2.33. The second-order valence-electron chi connectivity index (χ2n) is 3.71. The number of carboxylic acids is 1. The Morgan fingerprint density at radius 2 is 2.29 bits per heavy atom. The standard InChI is InChI=1S/C12H11FN2O2/c1-8-14-4-5-15(8)7-10-3-2-9(12(16)17)6-11(10)13/h2-6H,7H2,1H3,(H,16,17). The number of aromatic carboxylic acids is 1. The normalized spacial score (nSPS) is 10.5. The van der Waals surface area contributed by atoms with Crippen LogP contribution in [0.15, 0.2) is 30.6 Å². The van der Waals surface area contributed by atoms with E-state index in [0.29, 0.717) is 12.1 Å². The molecule has 0 unspecified atom stereocenters. The fourth-order valence-corrected chi connectivity index (χ4v) is 1.56. The first kappa shape index (κ1) is 11.3. The van der Waals surface area contributed by atoms with Crippen molar-refractivity contribution in [1.29, 1.82) is 0 Å². The molecular formula is C12H11FN2O2. The van der Waals surface area contributed by atoms with Gasteiger partial charge in [0.2, 0.25) is 0 Å². The van der Waals surface area contributed by atoms with E-state index in [-0.39, 0.29) is 5.56 Å². The van der Waals surface area contributed by atoms with E-state index in [1.807, 2.05) is 6.92 Å². The Kier molecular flexibility index (Phi) is 2.91. The Hall–Kier alpha value is -2.17. The van der Waals surface area contributed by atoms with Crippen LogP contribution in [-0.2, 0) is 6.54 Å². The quantitative estimate of drug-likeness (QED) is 0.884. The van der Waals surface area contributed by atoms with Crippen molar-refractivity contribution in [3.05, 3.63) is 53.4 Å². The molecule has 0 aliphatic rings. The van der Waals surface area contributed by atoms with Gasteiger partial charge in [0, 0.05) is 18.0 Å². The van der Waals surface area contributed by atoms with E-state index in [4.69, 9.17) is 5.11 Å². The van der Waals surface area contributed by atoms with Crippen molar-refractivity contribution >= 4 is 5.97 Å². The predicted molar refractivity (Wildman–Crippen MR) is 59.4 cm³/mol. The summed E-state index contributed by atoms with van der Waals surface area (Å²) in [5, 5.41) is 8.72. The number of nitrogens with zero attached hydrogens (tertiary/aromatic N) is 2. The van der Waals surface area contributed by atoms with Crippen LogP contribution in [0.1, 0.15) is 21.7 Å². The summed E-state index contributed by atoms with van der Waals surface area (Å²) in [5.41, 5.74) is 0.393. The number of benzene rings is 1. The number of aryl methyl sites for hydroxylation is 1. The van der Waals surface area contributed by atoms with Gasteiger partial charge in [0.1, 0.15) is 11.6 Å². The fourth-order valence-electron chi connectivity index (χ4n) is 1.56. The summed E-state index contributed by atoms with van der Waals surface area (Å²) in [5.74, 6) is -0.862. The van der Waals surface area contributed by atoms with Gasteiger partial charge in [-0.25, -0.2) is 14.2 Å². The zero-order valence-corrected chi connectivity index (χ0v) is 9.22. The Morgan fingerprint density at radius 1 is 1.53 bits per heavy atom. The molecule has 0 fully saturated rings.